The number of carbonyl (C=O) groups excluding carboxylic acids is 1. The number of carboxylic acid groups (broad SMARTS) is 1. The summed E-state index contributed by atoms with van der Waals surface area (Å²) in [5.41, 5.74) is 0. The van der Waals surface area contributed by atoms with Crippen molar-refractivity contribution in [1.82, 2.24) is 5.32 Å². The van der Waals surface area contributed by atoms with Crippen molar-refractivity contribution in [3.05, 3.63) is 0 Å². The molecule has 1 aliphatic rings. The van der Waals surface area contributed by atoms with E-state index in [0.29, 0.717) is 12.5 Å². The van der Waals surface area contributed by atoms with Crippen LogP contribution >= 0.6 is 0 Å². The molecule has 0 spiro atoms. The van der Waals surface area contributed by atoms with Gasteiger partial charge in [0.1, 0.15) is 5.75 Å². The maximum atomic E-state index is 11.4. The molecule has 0 aromatic carbocycles. The van der Waals surface area contributed by atoms with E-state index in [1.54, 1.807) is 0 Å². The first-order valence-corrected chi connectivity index (χ1v) is 6.82. The maximum absolute atomic E-state index is 11.4. The Kier molecular flexibility index (Phi) is 4.92. The molecular weight excluding hydrogens is 230 g/mol. The largest absolute Gasteiger partial charge is 0.481 e. The van der Waals surface area contributed by atoms with Gasteiger partial charge in [-0.15, -0.1) is 0 Å². The van der Waals surface area contributed by atoms with Crippen LogP contribution in [0.1, 0.15) is 19.8 Å². The molecule has 1 aliphatic carbocycles. The molecule has 6 heteroatoms. The Labute approximate surface area is 97.1 Å². The normalized spacial score (nSPS) is 18.8. The van der Waals surface area contributed by atoms with Crippen LogP contribution in [0.4, 0.5) is 0 Å². The summed E-state index contributed by atoms with van der Waals surface area (Å²) in [4.78, 5) is 21.8. The number of hydrogen-bond donors (Lipinski definition) is 2. The quantitative estimate of drug-likeness (QED) is 0.662. The molecule has 0 bridgehead atoms. The van der Waals surface area contributed by atoms with Crippen molar-refractivity contribution in [2.45, 2.75) is 19.8 Å². The Morgan fingerprint density at radius 3 is 2.62 bits per heavy atom. The molecule has 0 saturated heterocycles. The van der Waals surface area contributed by atoms with Gasteiger partial charge in [0.25, 0.3) is 0 Å². The lowest BCUT2D eigenvalue weighted by molar-refractivity contribution is -0.140. The van der Waals surface area contributed by atoms with E-state index < -0.39 is 22.7 Å². The van der Waals surface area contributed by atoms with Gasteiger partial charge in [0.05, 0.1) is 5.92 Å². The molecule has 2 unspecified atom stereocenters. The Morgan fingerprint density at radius 2 is 2.12 bits per heavy atom. The van der Waals surface area contributed by atoms with Crippen LogP contribution in [-0.2, 0) is 20.4 Å². The summed E-state index contributed by atoms with van der Waals surface area (Å²) < 4.78 is 11.4. The third-order valence-corrected chi connectivity index (χ3v) is 3.89. The van der Waals surface area contributed by atoms with Gasteiger partial charge in [0.2, 0.25) is 5.91 Å². The van der Waals surface area contributed by atoms with Crippen LogP contribution in [0.3, 0.4) is 0 Å². The molecule has 0 heterocycles. The minimum absolute atomic E-state index is 0.0339. The number of carbonyl (C=O) groups is 2. The summed E-state index contributed by atoms with van der Waals surface area (Å²) in [7, 11) is -1.39. The lowest BCUT2D eigenvalue weighted by Crippen LogP contribution is -2.31. The first-order valence-electron chi connectivity index (χ1n) is 5.33. The molecule has 16 heavy (non-hydrogen) atoms. The lowest BCUT2D eigenvalue weighted by Gasteiger charge is -2.06. The van der Waals surface area contributed by atoms with Crippen LogP contribution < -0.4 is 5.32 Å². The highest BCUT2D eigenvalue weighted by atomic mass is 32.2. The molecule has 5 nitrogen and oxygen atoms in total. The average Bonchev–Trinajstić information content (AvgIpc) is 2.97. The highest BCUT2D eigenvalue weighted by Crippen LogP contribution is 2.27. The average molecular weight is 247 g/mol. The van der Waals surface area contributed by atoms with Crippen molar-refractivity contribution in [3.8, 4) is 0 Å². The van der Waals surface area contributed by atoms with Gasteiger partial charge in [-0.1, -0.05) is 6.92 Å². The van der Waals surface area contributed by atoms with Crippen LogP contribution in [0.25, 0.3) is 0 Å². The molecule has 2 N–H and O–H groups in total. The Hall–Kier alpha value is -0.910. The van der Waals surface area contributed by atoms with Crippen molar-refractivity contribution < 1.29 is 18.9 Å². The van der Waals surface area contributed by atoms with Gasteiger partial charge < -0.3 is 10.4 Å². The summed E-state index contributed by atoms with van der Waals surface area (Å²) in [6.45, 7) is 2.15. The number of nitrogens with one attached hydrogen (secondary N) is 1. The standard InChI is InChI=1S/C10H17NO4S/c1-7(10(13)14)5-16(15)6-9(12)11-4-8-2-3-8/h7-8H,2-6H2,1H3,(H,11,12)(H,13,14). The van der Waals surface area contributed by atoms with Crippen LogP contribution in [0.15, 0.2) is 0 Å². The maximum Gasteiger partial charge on any atom is 0.307 e. The number of hydrogen-bond acceptors (Lipinski definition) is 3. The zero-order valence-electron chi connectivity index (χ0n) is 9.27. The number of rotatable bonds is 7. The first kappa shape index (κ1) is 13.2. The van der Waals surface area contributed by atoms with Gasteiger partial charge in [-0.05, 0) is 18.8 Å². The summed E-state index contributed by atoms with van der Waals surface area (Å²) in [6, 6.07) is 0. The Balaban J connectivity index is 2.16. The fourth-order valence-corrected chi connectivity index (χ4v) is 2.40. The lowest BCUT2D eigenvalue weighted by atomic mass is 10.2. The summed E-state index contributed by atoms with van der Waals surface area (Å²) in [5, 5.41) is 11.3. The summed E-state index contributed by atoms with van der Waals surface area (Å²) in [5.74, 6) is -1.36. The Bertz CT molecular complexity index is 301. The van der Waals surface area contributed by atoms with Crippen molar-refractivity contribution >= 4 is 22.7 Å². The van der Waals surface area contributed by atoms with Crippen molar-refractivity contribution in [2.24, 2.45) is 11.8 Å². The fraction of sp³-hybridized carbons (Fsp3) is 0.800. The van der Waals surface area contributed by atoms with Crippen LogP contribution in [0.5, 0.6) is 0 Å². The molecule has 1 amide bonds. The summed E-state index contributed by atoms with van der Waals surface area (Å²) in [6.07, 6.45) is 2.30. The highest BCUT2D eigenvalue weighted by molar-refractivity contribution is 7.85. The van der Waals surface area contributed by atoms with Crippen molar-refractivity contribution in [1.29, 1.82) is 0 Å². The van der Waals surface area contributed by atoms with E-state index in [1.165, 1.54) is 6.92 Å². The number of aliphatic carboxylic acids is 1. The van der Waals surface area contributed by atoms with Gasteiger partial charge >= 0.3 is 5.97 Å². The van der Waals surface area contributed by atoms with Gasteiger partial charge in [-0.3, -0.25) is 13.8 Å². The summed E-state index contributed by atoms with van der Waals surface area (Å²) >= 11 is 0. The van der Waals surface area contributed by atoms with E-state index in [-0.39, 0.29) is 17.4 Å². The zero-order chi connectivity index (χ0) is 12.1. The number of amides is 1. The van der Waals surface area contributed by atoms with Crippen LogP contribution in [0, 0.1) is 11.8 Å². The van der Waals surface area contributed by atoms with Gasteiger partial charge in [0.15, 0.2) is 0 Å². The second-order valence-corrected chi connectivity index (χ2v) is 5.74. The molecule has 0 radical (unpaired) electrons. The smallest absolute Gasteiger partial charge is 0.307 e. The second-order valence-electron chi connectivity index (χ2n) is 4.24. The molecule has 1 saturated carbocycles. The van der Waals surface area contributed by atoms with Crippen molar-refractivity contribution in [2.75, 3.05) is 18.1 Å². The first-order chi connectivity index (χ1) is 7.49. The molecule has 1 rings (SSSR count). The molecule has 0 aliphatic heterocycles. The molecule has 0 aromatic heterocycles. The Morgan fingerprint density at radius 1 is 1.50 bits per heavy atom. The molecular formula is C10H17NO4S. The monoisotopic (exact) mass is 247 g/mol. The zero-order valence-corrected chi connectivity index (χ0v) is 10.1. The van der Waals surface area contributed by atoms with Gasteiger partial charge in [0, 0.05) is 23.1 Å². The third kappa shape index (κ3) is 5.25. The predicted octanol–water partition coefficient (Wildman–Crippen LogP) is -0.0180. The second kappa shape index (κ2) is 5.98. The van der Waals surface area contributed by atoms with Crippen molar-refractivity contribution in [3.63, 3.8) is 0 Å². The van der Waals surface area contributed by atoms with Crippen LogP contribution in [-0.4, -0.2) is 39.2 Å². The minimum Gasteiger partial charge on any atom is -0.481 e. The molecule has 92 valence electrons. The molecule has 2 atom stereocenters. The van der Waals surface area contributed by atoms with E-state index in [0.717, 1.165) is 12.8 Å². The fourth-order valence-electron chi connectivity index (χ4n) is 1.19. The van der Waals surface area contributed by atoms with E-state index in [1.807, 2.05) is 0 Å². The van der Waals surface area contributed by atoms with Crippen LogP contribution in [0.2, 0.25) is 0 Å². The third-order valence-electron chi connectivity index (χ3n) is 2.43. The number of carboxylic acids is 1. The van der Waals surface area contributed by atoms with E-state index in [9.17, 15) is 13.8 Å². The predicted molar refractivity (Wildman–Crippen MR) is 60.4 cm³/mol. The molecule has 0 aromatic rings. The van der Waals surface area contributed by atoms with Gasteiger partial charge in [-0.2, -0.15) is 0 Å². The van der Waals surface area contributed by atoms with E-state index >= 15 is 0 Å². The van der Waals surface area contributed by atoms with E-state index in [2.05, 4.69) is 5.32 Å². The van der Waals surface area contributed by atoms with Gasteiger partial charge in [-0.25, -0.2) is 0 Å². The SMILES string of the molecule is CC(CS(=O)CC(=O)NCC1CC1)C(=O)O. The van der Waals surface area contributed by atoms with E-state index in [4.69, 9.17) is 5.11 Å². The molecule has 1 fully saturated rings. The topological polar surface area (TPSA) is 83.5 Å². The highest BCUT2D eigenvalue weighted by Gasteiger charge is 2.22. The minimum atomic E-state index is -1.39.